The van der Waals surface area contributed by atoms with Crippen molar-refractivity contribution in [2.45, 2.75) is 30.6 Å². The molecule has 1 unspecified atom stereocenters. The maximum absolute atomic E-state index is 13.0. The predicted octanol–water partition coefficient (Wildman–Crippen LogP) is 3.18. The van der Waals surface area contributed by atoms with Crippen LogP contribution in [-0.4, -0.2) is 42.3 Å². The molecular weight excluding hydrogens is 420 g/mol. The molecule has 156 valence electrons. The van der Waals surface area contributed by atoms with Gasteiger partial charge in [0.2, 0.25) is 10.0 Å². The van der Waals surface area contributed by atoms with E-state index in [1.165, 1.54) is 18.2 Å². The highest BCUT2D eigenvalue weighted by atomic mass is 32.2. The number of amides is 1. The Morgan fingerprint density at radius 3 is 2.77 bits per heavy atom. The maximum atomic E-state index is 13.0. The smallest absolute Gasteiger partial charge is 0.253 e. The zero-order chi connectivity index (χ0) is 21.3. The number of aryl methyl sites for hydroxylation is 1. The summed E-state index contributed by atoms with van der Waals surface area (Å²) in [4.78, 5) is 25.2. The van der Waals surface area contributed by atoms with Gasteiger partial charge in [0, 0.05) is 30.3 Å². The van der Waals surface area contributed by atoms with E-state index in [9.17, 15) is 13.2 Å². The van der Waals surface area contributed by atoms with E-state index in [2.05, 4.69) is 4.98 Å². The van der Waals surface area contributed by atoms with Crippen LogP contribution in [0.25, 0.3) is 10.6 Å². The molecule has 2 aromatic heterocycles. The lowest BCUT2D eigenvalue weighted by atomic mass is 9.96. The monoisotopic (exact) mass is 442 g/mol. The Morgan fingerprint density at radius 1 is 1.20 bits per heavy atom. The number of carbonyl (C=O) groups excluding carboxylic acids is 1. The summed E-state index contributed by atoms with van der Waals surface area (Å²) in [7, 11) is -3.86. The Balaban J connectivity index is 1.58. The first kappa shape index (κ1) is 20.6. The third-order valence-corrected chi connectivity index (χ3v) is 6.93. The fourth-order valence-corrected chi connectivity index (χ4v) is 4.93. The number of primary sulfonamides is 1. The van der Waals surface area contributed by atoms with E-state index in [0.29, 0.717) is 18.7 Å². The number of aromatic nitrogens is 2. The van der Waals surface area contributed by atoms with E-state index in [-0.39, 0.29) is 16.7 Å². The Bertz CT molecular complexity index is 1180. The average Bonchev–Trinajstić information content (AvgIpc) is 3.27. The van der Waals surface area contributed by atoms with Crippen molar-refractivity contribution in [1.29, 1.82) is 0 Å². The summed E-state index contributed by atoms with van der Waals surface area (Å²) in [6.07, 6.45) is 1.73. The molecule has 0 radical (unpaired) electrons. The summed E-state index contributed by atoms with van der Waals surface area (Å²) in [5, 5.41) is 7.22. The Labute approximate surface area is 179 Å². The van der Waals surface area contributed by atoms with Crippen LogP contribution in [0, 0.1) is 6.92 Å². The van der Waals surface area contributed by atoms with Gasteiger partial charge in [0.15, 0.2) is 0 Å². The minimum absolute atomic E-state index is 0.0303. The number of likely N-dealkylation sites (tertiary alicyclic amines) is 1. The van der Waals surface area contributed by atoms with Crippen molar-refractivity contribution in [3.8, 4) is 10.6 Å². The summed E-state index contributed by atoms with van der Waals surface area (Å²) >= 11 is 1.63. The molecule has 0 saturated carbocycles. The lowest BCUT2D eigenvalue weighted by molar-refractivity contribution is 0.0704. The van der Waals surface area contributed by atoms with Crippen LogP contribution in [0.1, 0.15) is 40.6 Å². The topological polar surface area (TPSA) is 106 Å². The molecule has 1 amide bonds. The minimum atomic E-state index is -3.86. The molecule has 4 rings (SSSR count). The van der Waals surface area contributed by atoms with Crippen molar-refractivity contribution in [2.24, 2.45) is 5.14 Å². The lowest BCUT2D eigenvalue weighted by Crippen LogP contribution is -2.39. The van der Waals surface area contributed by atoms with Gasteiger partial charge < -0.3 is 4.90 Å². The molecule has 3 heterocycles. The molecule has 1 fully saturated rings. The quantitative estimate of drug-likeness (QED) is 0.668. The first-order valence-corrected chi connectivity index (χ1v) is 12.1. The van der Waals surface area contributed by atoms with Gasteiger partial charge in [-0.25, -0.2) is 23.5 Å². The second-order valence-corrected chi connectivity index (χ2v) is 9.90. The van der Waals surface area contributed by atoms with Crippen LogP contribution < -0.4 is 5.14 Å². The highest BCUT2D eigenvalue weighted by Gasteiger charge is 2.28. The normalized spacial score (nSPS) is 17.1. The molecule has 3 aromatic rings. The third kappa shape index (κ3) is 4.43. The Morgan fingerprint density at radius 2 is 2.03 bits per heavy atom. The highest BCUT2D eigenvalue weighted by Crippen LogP contribution is 2.29. The van der Waals surface area contributed by atoms with Crippen LogP contribution >= 0.6 is 11.3 Å². The van der Waals surface area contributed by atoms with Gasteiger partial charge in [-0.15, -0.1) is 11.3 Å². The molecule has 9 heteroatoms. The molecule has 1 atom stereocenters. The molecule has 1 aliphatic rings. The predicted molar refractivity (Wildman–Crippen MR) is 116 cm³/mol. The number of nitrogens with zero attached hydrogens (tertiary/aromatic N) is 3. The fourth-order valence-electron chi connectivity index (χ4n) is 3.69. The van der Waals surface area contributed by atoms with E-state index >= 15 is 0 Å². The van der Waals surface area contributed by atoms with Gasteiger partial charge in [0.1, 0.15) is 5.82 Å². The third-order valence-electron chi connectivity index (χ3n) is 5.13. The van der Waals surface area contributed by atoms with Gasteiger partial charge in [-0.3, -0.25) is 4.79 Å². The molecule has 0 aliphatic carbocycles. The number of benzene rings is 1. The van der Waals surface area contributed by atoms with Crippen LogP contribution in [0.15, 0.2) is 52.7 Å². The maximum Gasteiger partial charge on any atom is 0.253 e. The number of sulfonamides is 1. The van der Waals surface area contributed by atoms with Crippen molar-refractivity contribution >= 4 is 27.3 Å². The SMILES string of the molecule is Cc1cc(-c2cccs2)nc(C2CCCN(C(=O)c3cccc(S(N)(=O)=O)c3)C2)n1. The van der Waals surface area contributed by atoms with Crippen LogP contribution in [0.2, 0.25) is 0 Å². The van der Waals surface area contributed by atoms with Crippen LogP contribution in [0.4, 0.5) is 0 Å². The van der Waals surface area contributed by atoms with Crippen molar-refractivity contribution in [1.82, 2.24) is 14.9 Å². The van der Waals surface area contributed by atoms with E-state index in [1.54, 1.807) is 22.3 Å². The van der Waals surface area contributed by atoms with E-state index in [4.69, 9.17) is 10.1 Å². The first-order chi connectivity index (χ1) is 14.3. The molecule has 30 heavy (non-hydrogen) atoms. The number of hydrogen-bond donors (Lipinski definition) is 1. The van der Waals surface area contributed by atoms with Crippen molar-refractivity contribution in [2.75, 3.05) is 13.1 Å². The largest absolute Gasteiger partial charge is 0.338 e. The van der Waals surface area contributed by atoms with Gasteiger partial charge in [0.25, 0.3) is 5.91 Å². The van der Waals surface area contributed by atoms with Crippen molar-refractivity contribution in [3.63, 3.8) is 0 Å². The molecule has 0 bridgehead atoms. The van der Waals surface area contributed by atoms with Gasteiger partial charge in [-0.05, 0) is 55.5 Å². The summed E-state index contributed by atoms with van der Waals surface area (Å²) in [6.45, 7) is 3.05. The zero-order valence-electron chi connectivity index (χ0n) is 16.5. The lowest BCUT2D eigenvalue weighted by Gasteiger charge is -2.32. The number of rotatable bonds is 4. The summed E-state index contributed by atoms with van der Waals surface area (Å²) in [5.41, 5.74) is 2.11. The van der Waals surface area contributed by atoms with Gasteiger partial charge in [-0.2, -0.15) is 0 Å². The zero-order valence-corrected chi connectivity index (χ0v) is 18.1. The second kappa shape index (κ2) is 8.25. The molecule has 1 saturated heterocycles. The number of carbonyl (C=O) groups is 1. The van der Waals surface area contributed by atoms with Crippen LogP contribution in [0.3, 0.4) is 0 Å². The summed E-state index contributed by atoms with van der Waals surface area (Å²) in [6, 6.07) is 11.9. The van der Waals surface area contributed by atoms with Crippen LogP contribution in [0.5, 0.6) is 0 Å². The molecule has 2 N–H and O–H groups in total. The number of piperidine rings is 1. The highest BCUT2D eigenvalue weighted by molar-refractivity contribution is 7.89. The first-order valence-electron chi connectivity index (χ1n) is 9.63. The summed E-state index contributed by atoms with van der Waals surface area (Å²) in [5.74, 6) is 0.563. The standard InChI is InChI=1S/C21H22N4O3S2/c1-14-11-18(19-8-4-10-29-19)24-20(23-14)16-6-3-9-25(13-16)21(26)15-5-2-7-17(12-15)30(22,27)28/h2,4-5,7-8,10-12,16H,3,6,9,13H2,1H3,(H2,22,27,28). The molecular formula is C21H22N4O3S2. The second-order valence-electron chi connectivity index (χ2n) is 7.39. The molecule has 7 nitrogen and oxygen atoms in total. The van der Waals surface area contributed by atoms with E-state index < -0.39 is 10.0 Å². The Kier molecular flexibility index (Phi) is 5.68. The van der Waals surface area contributed by atoms with E-state index in [1.807, 2.05) is 30.5 Å². The van der Waals surface area contributed by atoms with Crippen molar-refractivity contribution in [3.05, 3.63) is 64.9 Å². The molecule has 1 aliphatic heterocycles. The van der Waals surface area contributed by atoms with Gasteiger partial charge in [0.05, 0.1) is 15.5 Å². The number of hydrogen-bond acceptors (Lipinski definition) is 6. The number of nitrogens with two attached hydrogens (primary N) is 1. The molecule has 1 aromatic carbocycles. The molecule has 0 spiro atoms. The minimum Gasteiger partial charge on any atom is -0.338 e. The van der Waals surface area contributed by atoms with Crippen LogP contribution in [-0.2, 0) is 10.0 Å². The van der Waals surface area contributed by atoms with Gasteiger partial charge in [-0.1, -0.05) is 12.1 Å². The summed E-state index contributed by atoms with van der Waals surface area (Å²) < 4.78 is 23.2. The van der Waals surface area contributed by atoms with Crippen molar-refractivity contribution < 1.29 is 13.2 Å². The average molecular weight is 443 g/mol. The van der Waals surface area contributed by atoms with Gasteiger partial charge >= 0.3 is 0 Å². The fraction of sp³-hybridized carbons (Fsp3) is 0.286. The number of thiophene rings is 1. The Hall–Kier alpha value is -2.62. The van der Waals surface area contributed by atoms with E-state index in [0.717, 1.165) is 34.9 Å².